The molecular formula is C19H29Cl2NO2. The van der Waals surface area contributed by atoms with Gasteiger partial charge in [-0.15, -0.1) is 0 Å². The molecule has 1 aromatic carbocycles. The average molecular weight is 374 g/mol. The highest BCUT2D eigenvalue weighted by atomic mass is 35.5. The number of ether oxygens (including phenoxy) is 2. The second kappa shape index (κ2) is 10.5. The maximum absolute atomic E-state index is 6.00. The fourth-order valence-electron chi connectivity index (χ4n) is 3.35. The van der Waals surface area contributed by atoms with Crippen LogP contribution in [0.1, 0.15) is 39.0 Å². The first-order valence-electron chi connectivity index (χ1n) is 8.96. The van der Waals surface area contributed by atoms with E-state index >= 15 is 0 Å². The molecule has 24 heavy (non-hydrogen) atoms. The van der Waals surface area contributed by atoms with E-state index in [0.717, 1.165) is 25.3 Å². The summed E-state index contributed by atoms with van der Waals surface area (Å²) in [6.45, 7) is 6.30. The van der Waals surface area contributed by atoms with Gasteiger partial charge < -0.3 is 14.4 Å². The Bertz CT molecular complexity index is 478. The van der Waals surface area contributed by atoms with Gasteiger partial charge in [0.15, 0.2) is 0 Å². The molecule has 0 spiro atoms. The van der Waals surface area contributed by atoms with E-state index in [0.29, 0.717) is 28.7 Å². The van der Waals surface area contributed by atoms with Gasteiger partial charge in [0, 0.05) is 23.7 Å². The number of hydrogen-bond acceptors (Lipinski definition) is 3. The van der Waals surface area contributed by atoms with Crippen molar-refractivity contribution in [1.29, 1.82) is 0 Å². The zero-order valence-electron chi connectivity index (χ0n) is 14.8. The number of nitrogens with zero attached hydrogens (tertiary/aromatic N) is 1. The Hall–Kier alpha value is -0.480. The first-order chi connectivity index (χ1) is 11.6. The molecule has 1 saturated heterocycles. The lowest BCUT2D eigenvalue weighted by atomic mass is 9.91. The van der Waals surface area contributed by atoms with E-state index in [2.05, 4.69) is 11.8 Å². The fourth-order valence-corrected chi connectivity index (χ4v) is 3.86. The molecule has 0 bridgehead atoms. The molecule has 5 heteroatoms. The number of unbranched alkanes of at least 4 members (excludes halogenated alkanes) is 2. The molecule has 1 fully saturated rings. The van der Waals surface area contributed by atoms with Crippen LogP contribution in [0.2, 0.25) is 10.0 Å². The molecule has 2 atom stereocenters. The van der Waals surface area contributed by atoms with Crippen LogP contribution in [0.5, 0.6) is 5.75 Å². The van der Waals surface area contributed by atoms with Gasteiger partial charge in [-0.3, -0.25) is 0 Å². The summed E-state index contributed by atoms with van der Waals surface area (Å²) in [5.74, 6) is 1.28. The Balaban J connectivity index is 1.75. The van der Waals surface area contributed by atoms with E-state index in [1.165, 1.54) is 32.2 Å². The van der Waals surface area contributed by atoms with Gasteiger partial charge in [-0.05, 0) is 56.5 Å². The van der Waals surface area contributed by atoms with E-state index in [9.17, 15) is 0 Å². The number of halogens is 2. The zero-order valence-corrected chi connectivity index (χ0v) is 16.3. The van der Waals surface area contributed by atoms with E-state index < -0.39 is 0 Å². The molecule has 1 heterocycles. The Morgan fingerprint density at radius 1 is 1.17 bits per heavy atom. The number of benzene rings is 1. The Labute approximate surface area is 156 Å². The molecule has 0 N–H and O–H groups in total. The van der Waals surface area contributed by atoms with Gasteiger partial charge in [0.1, 0.15) is 5.75 Å². The van der Waals surface area contributed by atoms with Crippen LogP contribution in [0, 0.1) is 5.92 Å². The molecule has 0 aliphatic carbocycles. The quantitative estimate of drug-likeness (QED) is 0.548. The predicted octanol–water partition coefficient (Wildman–Crippen LogP) is 5.29. The molecule has 1 aliphatic rings. The summed E-state index contributed by atoms with van der Waals surface area (Å²) < 4.78 is 11.6. The van der Waals surface area contributed by atoms with Crippen molar-refractivity contribution in [1.82, 2.24) is 4.90 Å². The molecule has 0 unspecified atom stereocenters. The second-order valence-electron chi connectivity index (χ2n) is 6.57. The number of piperidine rings is 1. The van der Waals surface area contributed by atoms with Crippen LogP contribution in [0.3, 0.4) is 0 Å². The highest BCUT2D eigenvalue weighted by Crippen LogP contribution is 2.26. The molecule has 0 saturated carbocycles. The van der Waals surface area contributed by atoms with Crippen molar-refractivity contribution in [3.8, 4) is 5.75 Å². The minimum Gasteiger partial charge on any atom is -0.493 e. The minimum absolute atomic E-state index is 0.298. The lowest BCUT2D eigenvalue weighted by Crippen LogP contribution is -2.45. The summed E-state index contributed by atoms with van der Waals surface area (Å²) in [5, 5.41) is 1.21. The first kappa shape index (κ1) is 19.8. The number of methoxy groups -OCH3 is 1. The van der Waals surface area contributed by atoms with Gasteiger partial charge in [0.2, 0.25) is 0 Å². The maximum atomic E-state index is 6.00. The van der Waals surface area contributed by atoms with Gasteiger partial charge in [-0.1, -0.05) is 43.0 Å². The van der Waals surface area contributed by atoms with Crippen LogP contribution in [-0.2, 0) is 4.74 Å². The molecule has 0 amide bonds. The van der Waals surface area contributed by atoms with Crippen LogP contribution in [0.15, 0.2) is 18.2 Å². The summed E-state index contributed by atoms with van der Waals surface area (Å²) in [7, 11) is 1.82. The number of rotatable bonds is 9. The van der Waals surface area contributed by atoms with Crippen LogP contribution >= 0.6 is 23.2 Å². The van der Waals surface area contributed by atoms with Crippen LogP contribution in [0.25, 0.3) is 0 Å². The summed E-state index contributed by atoms with van der Waals surface area (Å²) in [5.41, 5.74) is 0. The maximum Gasteiger partial charge on any atom is 0.122 e. The molecular weight excluding hydrogens is 345 g/mol. The normalized spacial score (nSPS) is 21.8. The molecule has 0 aromatic heterocycles. The van der Waals surface area contributed by atoms with Crippen LogP contribution in [-0.4, -0.2) is 44.4 Å². The van der Waals surface area contributed by atoms with Gasteiger partial charge in [0.25, 0.3) is 0 Å². The first-order valence-corrected chi connectivity index (χ1v) is 9.72. The van der Waals surface area contributed by atoms with E-state index in [1.807, 2.05) is 7.11 Å². The molecule has 2 rings (SSSR count). The number of hydrogen-bond donors (Lipinski definition) is 0. The third kappa shape index (κ3) is 6.44. The summed E-state index contributed by atoms with van der Waals surface area (Å²) in [4.78, 5) is 2.54. The van der Waals surface area contributed by atoms with E-state index in [-0.39, 0.29) is 0 Å². The highest BCUT2D eigenvalue weighted by Gasteiger charge is 2.28. The molecule has 1 aromatic rings. The molecule has 0 radical (unpaired) electrons. The van der Waals surface area contributed by atoms with Gasteiger partial charge in [0.05, 0.1) is 12.7 Å². The van der Waals surface area contributed by atoms with Gasteiger partial charge >= 0.3 is 0 Å². The number of likely N-dealkylation sites (tertiary alicyclic amines) is 1. The van der Waals surface area contributed by atoms with Crippen molar-refractivity contribution >= 4 is 23.2 Å². The van der Waals surface area contributed by atoms with Gasteiger partial charge in [-0.2, -0.15) is 0 Å². The van der Waals surface area contributed by atoms with E-state index in [4.69, 9.17) is 32.7 Å². The summed E-state index contributed by atoms with van der Waals surface area (Å²) in [6, 6.07) is 5.32. The van der Waals surface area contributed by atoms with Crippen LogP contribution in [0.4, 0.5) is 0 Å². The lowest BCUT2D eigenvalue weighted by molar-refractivity contribution is -0.0180. The smallest absolute Gasteiger partial charge is 0.122 e. The van der Waals surface area contributed by atoms with Crippen molar-refractivity contribution in [2.24, 2.45) is 5.92 Å². The molecule has 3 nitrogen and oxygen atoms in total. The van der Waals surface area contributed by atoms with E-state index in [1.54, 1.807) is 18.2 Å². The SMILES string of the molecule is CCCCCN1CC[C@H](CCOc2cc(Cl)cc(Cl)c2)[C@H](OC)C1. The molecule has 136 valence electrons. The molecule has 1 aliphatic heterocycles. The average Bonchev–Trinajstić information content (AvgIpc) is 2.55. The summed E-state index contributed by atoms with van der Waals surface area (Å²) >= 11 is 12.0. The summed E-state index contributed by atoms with van der Waals surface area (Å²) in [6.07, 6.45) is 6.33. The van der Waals surface area contributed by atoms with Crippen molar-refractivity contribution in [3.63, 3.8) is 0 Å². The Morgan fingerprint density at radius 3 is 2.58 bits per heavy atom. The largest absolute Gasteiger partial charge is 0.493 e. The van der Waals surface area contributed by atoms with Crippen LogP contribution < -0.4 is 4.74 Å². The predicted molar refractivity (Wildman–Crippen MR) is 101 cm³/mol. The van der Waals surface area contributed by atoms with Crippen molar-refractivity contribution in [3.05, 3.63) is 28.2 Å². The lowest BCUT2D eigenvalue weighted by Gasteiger charge is -2.37. The second-order valence-corrected chi connectivity index (χ2v) is 7.45. The zero-order chi connectivity index (χ0) is 17.4. The van der Waals surface area contributed by atoms with Crippen molar-refractivity contribution in [2.75, 3.05) is 33.4 Å². The van der Waals surface area contributed by atoms with Crippen molar-refractivity contribution in [2.45, 2.75) is 45.1 Å². The fraction of sp³-hybridized carbons (Fsp3) is 0.684. The van der Waals surface area contributed by atoms with Gasteiger partial charge in [-0.25, -0.2) is 0 Å². The Morgan fingerprint density at radius 2 is 1.92 bits per heavy atom. The third-order valence-electron chi connectivity index (χ3n) is 4.75. The standard InChI is InChI=1S/C19H29Cl2NO2/c1-3-4-5-8-22-9-6-15(19(14-22)23-2)7-10-24-18-12-16(20)11-17(21)13-18/h11-13,15,19H,3-10,14H2,1-2H3/t15-,19-/m1/s1. The Kier molecular flexibility index (Phi) is 8.68. The topological polar surface area (TPSA) is 21.7 Å². The van der Waals surface area contributed by atoms with Crippen molar-refractivity contribution < 1.29 is 9.47 Å². The minimum atomic E-state index is 0.298. The highest BCUT2D eigenvalue weighted by molar-refractivity contribution is 6.34. The monoisotopic (exact) mass is 373 g/mol. The third-order valence-corrected chi connectivity index (χ3v) is 5.19.